The highest BCUT2D eigenvalue weighted by atomic mass is 19.4. The zero-order valence-corrected chi connectivity index (χ0v) is 14.9. The van der Waals surface area contributed by atoms with Crippen molar-refractivity contribution in [3.05, 3.63) is 42.0 Å². The Morgan fingerprint density at radius 1 is 1.19 bits per heavy atom. The smallest absolute Gasteiger partial charge is 0.409 e. The molecule has 0 bridgehead atoms. The van der Waals surface area contributed by atoms with Crippen LogP contribution in [0.1, 0.15) is 38.8 Å². The zero-order chi connectivity index (χ0) is 19.1. The van der Waals surface area contributed by atoms with Crippen molar-refractivity contribution in [2.75, 3.05) is 6.61 Å². The van der Waals surface area contributed by atoms with Gasteiger partial charge in [0.1, 0.15) is 5.75 Å². The van der Waals surface area contributed by atoms with E-state index in [0.29, 0.717) is 23.1 Å². The summed E-state index contributed by atoms with van der Waals surface area (Å²) in [6, 6.07) is 7.89. The van der Waals surface area contributed by atoms with Crippen LogP contribution < -0.4 is 10.2 Å². The van der Waals surface area contributed by atoms with Crippen LogP contribution in [0.15, 0.2) is 36.4 Å². The van der Waals surface area contributed by atoms with Gasteiger partial charge in [0.05, 0.1) is 6.61 Å². The van der Waals surface area contributed by atoms with E-state index in [4.69, 9.17) is 4.74 Å². The number of ether oxygens (including phenoxy) is 1. The van der Waals surface area contributed by atoms with Gasteiger partial charge in [-0.25, -0.2) is 0 Å². The van der Waals surface area contributed by atoms with Gasteiger partial charge in [-0.3, -0.25) is 10.2 Å². The third-order valence-corrected chi connectivity index (χ3v) is 4.57. The van der Waals surface area contributed by atoms with E-state index < -0.39 is 23.7 Å². The molecule has 1 aliphatic rings. The average Bonchev–Trinajstić information content (AvgIpc) is 2.81. The Bertz CT molecular complexity index is 833. The molecule has 1 aliphatic heterocycles. The summed E-state index contributed by atoms with van der Waals surface area (Å²) < 4.78 is 47.8. The Kier molecular flexibility index (Phi) is 4.60. The van der Waals surface area contributed by atoms with Crippen molar-refractivity contribution < 1.29 is 22.7 Å². The van der Waals surface area contributed by atoms with Gasteiger partial charge in [-0.2, -0.15) is 18.2 Å². The van der Waals surface area contributed by atoms with E-state index >= 15 is 0 Å². The van der Waals surface area contributed by atoms with Gasteiger partial charge in [0, 0.05) is 17.3 Å². The van der Waals surface area contributed by atoms with Gasteiger partial charge in [-0.15, -0.1) is 0 Å². The molecule has 1 fully saturated rings. The van der Waals surface area contributed by atoms with Crippen molar-refractivity contribution in [1.29, 1.82) is 0 Å². The van der Waals surface area contributed by atoms with Gasteiger partial charge in [0.15, 0.2) is 6.04 Å². The van der Waals surface area contributed by atoms with Crippen LogP contribution in [0.25, 0.3) is 10.8 Å². The number of rotatable bonds is 4. The summed E-state index contributed by atoms with van der Waals surface area (Å²) in [5.41, 5.74) is 1.53. The molecule has 1 N–H and O–H groups in total. The molecule has 0 unspecified atom stereocenters. The summed E-state index contributed by atoms with van der Waals surface area (Å²) in [5, 5.41) is 2.10. The number of hydrogen-bond donors (Lipinski definition) is 1. The van der Waals surface area contributed by atoms with Crippen molar-refractivity contribution in [2.45, 2.75) is 44.9 Å². The molecule has 1 saturated heterocycles. The second-order valence-corrected chi connectivity index (χ2v) is 6.97. The lowest BCUT2D eigenvalue weighted by Gasteiger charge is -2.38. The van der Waals surface area contributed by atoms with Crippen molar-refractivity contribution >= 4 is 16.7 Å². The number of hydrazine groups is 1. The number of nitrogens with one attached hydrogen (secondary N) is 1. The number of fused-ring (bicyclic) bond motifs is 1. The lowest BCUT2D eigenvalue weighted by atomic mass is 9.93. The average molecular weight is 366 g/mol. The predicted molar refractivity (Wildman–Crippen MR) is 92.6 cm³/mol. The summed E-state index contributed by atoms with van der Waals surface area (Å²) in [6.45, 7) is 5.49. The zero-order valence-electron chi connectivity index (χ0n) is 14.9. The number of alkyl halides is 3. The largest absolute Gasteiger partial charge is 0.493 e. The van der Waals surface area contributed by atoms with Crippen LogP contribution in [0.3, 0.4) is 0 Å². The number of amides is 1. The normalized spacial score (nSPS) is 18.8. The maximum Gasteiger partial charge on any atom is 0.409 e. The van der Waals surface area contributed by atoms with E-state index in [9.17, 15) is 18.0 Å². The van der Waals surface area contributed by atoms with E-state index in [1.54, 1.807) is 44.2 Å². The Morgan fingerprint density at radius 3 is 2.38 bits per heavy atom. The fraction of sp³-hybridized carbons (Fsp3) is 0.421. The van der Waals surface area contributed by atoms with E-state index in [2.05, 4.69) is 5.43 Å². The van der Waals surface area contributed by atoms with Crippen molar-refractivity contribution in [1.82, 2.24) is 10.4 Å². The minimum Gasteiger partial charge on any atom is -0.493 e. The van der Waals surface area contributed by atoms with Crippen molar-refractivity contribution in [3.63, 3.8) is 0 Å². The van der Waals surface area contributed by atoms with E-state index in [-0.39, 0.29) is 12.0 Å². The highest BCUT2D eigenvalue weighted by molar-refractivity contribution is 5.91. The molecule has 1 amide bonds. The molecular formula is C19H21F3N2O2. The topological polar surface area (TPSA) is 41.6 Å². The summed E-state index contributed by atoms with van der Waals surface area (Å²) in [5.74, 6) is 0.122. The molecule has 7 heteroatoms. The van der Waals surface area contributed by atoms with Crippen LogP contribution in [0.2, 0.25) is 0 Å². The number of carbonyl (C=O) groups excluding carboxylic acids is 1. The predicted octanol–water partition coefficient (Wildman–Crippen LogP) is 4.36. The van der Waals surface area contributed by atoms with Gasteiger partial charge >= 0.3 is 6.18 Å². The SMILES string of the molecule is CCOc1ccc([C@H](N2NC(=O)CC2(C)C)C(F)(F)F)c2ccccc12. The summed E-state index contributed by atoms with van der Waals surface area (Å²) in [4.78, 5) is 11.8. The summed E-state index contributed by atoms with van der Waals surface area (Å²) in [7, 11) is 0. The molecule has 1 heterocycles. The Hall–Kier alpha value is -2.28. The van der Waals surface area contributed by atoms with Crippen LogP contribution in [0, 0.1) is 0 Å². The highest BCUT2D eigenvalue weighted by Gasteiger charge is 2.53. The quantitative estimate of drug-likeness (QED) is 0.874. The fourth-order valence-electron chi connectivity index (χ4n) is 3.49. The molecule has 2 aromatic rings. The Balaban J connectivity index is 2.20. The monoisotopic (exact) mass is 366 g/mol. The molecule has 0 radical (unpaired) electrons. The van der Waals surface area contributed by atoms with E-state index in [0.717, 1.165) is 5.01 Å². The van der Waals surface area contributed by atoms with Crippen molar-refractivity contribution in [3.8, 4) is 5.75 Å². The molecule has 3 rings (SSSR count). The molecular weight excluding hydrogens is 345 g/mol. The number of benzene rings is 2. The number of nitrogens with zero attached hydrogens (tertiary/aromatic N) is 1. The maximum atomic E-state index is 14.1. The van der Waals surface area contributed by atoms with Crippen LogP contribution in [0.5, 0.6) is 5.75 Å². The second-order valence-electron chi connectivity index (χ2n) is 6.97. The fourth-order valence-corrected chi connectivity index (χ4v) is 3.49. The highest BCUT2D eigenvalue weighted by Crippen LogP contribution is 2.45. The van der Waals surface area contributed by atoms with Crippen LogP contribution >= 0.6 is 0 Å². The summed E-state index contributed by atoms with van der Waals surface area (Å²) in [6.07, 6.45) is -4.56. The first-order chi connectivity index (χ1) is 12.1. The lowest BCUT2D eigenvalue weighted by molar-refractivity contribution is -0.203. The van der Waals surface area contributed by atoms with Crippen LogP contribution in [0.4, 0.5) is 13.2 Å². The first-order valence-corrected chi connectivity index (χ1v) is 8.45. The summed E-state index contributed by atoms with van der Waals surface area (Å²) >= 11 is 0. The Morgan fingerprint density at radius 2 is 1.85 bits per heavy atom. The number of carbonyl (C=O) groups is 1. The first-order valence-electron chi connectivity index (χ1n) is 8.45. The van der Waals surface area contributed by atoms with Crippen molar-refractivity contribution in [2.24, 2.45) is 0 Å². The molecule has 0 aliphatic carbocycles. The van der Waals surface area contributed by atoms with Crippen LogP contribution in [-0.2, 0) is 4.79 Å². The standard InChI is InChI=1S/C19H21F3N2O2/c1-4-26-15-10-9-14(12-7-5-6-8-13(12)15)17(19(20,21)22)24-18(2,3)11-16(25)23-24/h5-10,17H,4,11H2,1-3H3,(H,23,25)/t17-/m0/s1. The van der Waals surface area contributed by atoms with Gasteiger partial charge in [-0.1, -0.05) is 30.3 Å². The number of hydrogen-bond acceptors (Lipinski definition) is 3. The molecule has 2 aromatic carbocycles. The van der Waals surface area contributed by atoms with Gasteiger partial charge < -0.3 is 4.74 Å². The maximum absolute atomic E-state index is 14.1. The lowest BCUT2D eigenvalue weighted by Crippen LogP contribution is -2.51. The van der Waals surface area contributed by atoms with E-state index in [1.165, 1.54) is 6.07 Å². The molecule has 1 atom stereocenters. The molecule has 0 saturated carbocycles. The third kappa shape index (κ3) is 3.23. The second kappa shape index (κ2) is 6.46. The van der Waals surface area contributed by atoms with Crippen LogP contribution in [-0.4, -0.2) is 29.2 Å². The molecule has 26 heavy (non-hydrogen) atoms. The van der Waals surface area contributed by atoms with Gasteiger partial charge in [-0.05, 0) is 37.8 Å². The molecule has 0 aromatic heterocycles. The minimum absolute atomic E-state index is 0.00847. The minimum atomic E-state index is -4.56. The van der Waals surface area contributed by atoms with E-state index in [1.807, 2.05) is 6.92 Å². The third-order valence-electron chi connectivity index (χ3n) is 4.57. The molecule has 0 spiro atoms. The van der Waals surface area contributed by atoms with Gasteiger partial charge in [0.2, 0.25) is 5.91 Å². The van der Waals surface area contributed by atoms with Gasteiger partial charge in [0.25, 0.3) is 0 Å². The Labute approximate surface area is 149 Å². The number of halogens is 3. The molecule has 140 valence electrons. The molecule has 4 nitrogen and oxygen atoms in total. The first kappa shape index (κ1) is 18.5.